The number of hydrogen-bond acceptors (Lipinski definition) is 3. The topological polar surface area (TPSA) is 49.4 Å². The number of amides is 2. The van der Waals surface area contributed by atoms with Crippen molar-refractivity contribution in [2.75, 3.05) is 16.8 Å². The van der Waals surface area contributed by atoms with Crippen molar-refractivity contribution in [1.82, 2.24) is 0 Å². The first-order valence-electron chi connectivity index (χ1n) is 11.4. The minimum atomic E-state index is -0.246. The number of rotatable bonds is 4. The minimum Gasteiger partial charge on any atom is -0.322 e. The second-order valence-electron chi connectivity index (χ2n) is 8.33. The summed E-state index contributed by atoms with van der Waals surface area (Å²) in [5.41, 5.74) is 4.14. The average Bonchev–Trinajstić information content (AvgIpc) is 3.13. The molecule has 0 saturated heterocycles. The van der Waals surface area contributed by atoms with Crippen molar-refractivity contribution in [2.24, 2.45) is 0 Å². The minimum absolute atomic E-state index is 0.167. The SMILES string of the molecule is O=C(Nc1ccc(C(=O)N2CCCCc3sc(Cl)cc32)c(Cl)c1)c1ccccc1-c1ccccc1. The number of anilines is 2. The van der Waals surface area contributed by atoms with E-state index in [2.05, 4.69) is 5.32 Å². The fourth-order valence-electron chi connectivity index (χ4n) is 4.34. The first-order chi connectivity index (χ1) is 17.0. The highest BCUT2D eigenvalue weighted by Crippen LogP contribution is 2.38. The number of nitrogens with one attached hydrogen (secondary N) is 1. The Bertz CT molecular complexity index is 1400. The molecule has 0 fully saturated rings. The van der Waals surface area contributed by atoms with Gasteiger partial charge in [0.1, 0.15) is 0 Å². The largest absolute Gasteiger partial charge is 0.322 e. The summed E-state index contributed by atoms with van der Waals surface area (Å²) in [6.45, 7) is 0.615. The van der Waals surface area contributed by atoms with E-state index < -0.39 is 0 Å². The maximum atomic E-state index is 13.4. The standard InChI is InChI=1S/C28H22Cl2N2O2S/c29-23-16-19(31-27(33)21-11-5-4-10-20(21)18-8-2-1-3-9-18)13-14-22(23)28(34)32-15-7-6-12-25-24(32)17-26(30)35-25/h1-5,8-11,13-14,16-17H,6-7,12,15H2,(H,31,33). The molecule has 3 aromatic carbocycles. The normalized spacial score (nSPS) is 13.1. The van der Waals surface area contributed by atoms with E-state index in [1.807, 2.05) is 54.6 Å². The van der Waals surface area contributed by atoms with Crippen LogP contribution in [0.2, 0.25) is 9.36 Å². The molecule has 0 bridgehead atoms. The smallest absolute Gasteiger partial charge is 0.259 e. The summed E-state index contributed by atoms with van der Waals surface area (Å²) in [6.07, 6.45) is 2.84. The Kier molecular flexibility index (Phi) is 6.91. The van der Waals surface area contributed by atoms with Gasteiger partial charge in [0.15, 0.2) is 0 Å². The molecule has 0 saturated carbocycles. The molecule has 4 aromatic rings. The van der Waals surface area contributed by atoms with Crippen molar-refractivity contribution in [3.8, 4) is 11.1 Å². The Labute approximate surface area is 218 Å². The zero-order valence-corrected chi connectivity index (χ0v) is 21.1. The number of aryl methyl sites for hydroxylation is 1. The van der Waals surface area contributed by atoms with Crippen LogP contribution in [0, 0.1) is 0 Å². The van der Waals surface area contributed by atoms with Crippen molar-refractivity contribution >= 4 is 57.7 Å². The van der Waals surface area contributed by atoms with E-state index in [4.69, 9.17) is 23.2 Å². The van der Waals surface area contributed by atoms with Crippen LogP contribution < -0.4 is 10.2 Å². The van der Waals surface area contributed by atoms with E-state index in [9.17, 15) is 9.59 Å². The summed E-state index contributed by atoms with van der Waals surface area (Å²) >= 11 is 14.3. The van der Waals surface area contributed by atoms with Gasteiger partial charge in [0, 0.05) is 22.7 Å². The summed E-state index contributed by atoms with van der Waals surface area (Å²) < 4.78 is 0.676. The van der Waals surface area contributed by atoms with Crippen LogP contribution in [0.5, 0.6) is 0 Å². The Morgan fingerprint density at radius 1 is 0.857 bits per heavy atom. The van der Waals surface area contributed by atoms with Crippen molar-refractivity contribution in [2.45, 2.75) is 19.3 Å². The third kappa shape index (κ3) is 4.98. The van der Waals surface area contributed by atoms with E-state index >= 15 is 0 Å². The van der Waals surface area contributed by atoms with Gasteiger partial charge in [-0.2, -0.15) is 0 Å². The molecule has 0 spiro atoms. The first-order valence-corrected chi connectivity index (χ1v) is 12.9. The van der Waals surface area contributed by atoms with Crippen LogP contribution in [0.25, 0.3) is 11.1 Å². The molecule has 0 atom stereocenters. The zero-order valence-electron chi connectivity index (χ0n) is 18.8. The lowest BCUT2D eigenvalue weighted by atomic mass is 9.99. The summed E-state index contributed by atoms with van der Waals surface area (Å²) in [5, 5.41) is 3.21. The fraction of sp³-hybridized carbons (Fsp3) is 0.143. The summed E-state index contributed by atoms with van der Waals surface area (Å²) in [7, 11) is 0. The lowest BCUT2D eigenvalue weighted by Crippen LogP contribution is -2.31. The second kappa shape index (κ2) is 10.2. The molecule has 2 heterocycles. The first kappa shape index (κ1) is 23.6. The van der Waals surface area contributed by atoms with Crippen LogP contribution in [-0.2, 0) is 6.42 Å². The lowest BCUT2D eigenvalue weighted by molar-refractivity contribution is 0.0986. The molecule has 35 heavy (non-hydrogen) atoms. The maximum absolute atomic E-state index is 13.4. The predicted octanol–water partition coefficient (Wildman–Crippen LogP) is 7.96. The molecule has 0 aliphatic carbocycles. The van der Waals surface area contributed by atoms with Gasteiger partial charge in [0.05, 0.1) is 20.6 Å². The highest BCUT2D eigenvalue weighted by molar-refractivity contribution is 7.16. The number of carbonyl (C=O) groups excluding carboxylic acids is 2. The molecule has 0 radical (unpaired) electrons. The molecule has 176 valence electrons. The van der Waals surface area contributed by atoms with Gasteiger partial charge in [0.2, 0.25) is 0 Å². The summed E-state index contributed by atoms with van der Waals surface area (Å²) in [4.78, 5) is 29.4. The number of halogens is 2. The monoisotopic (exact) mass is 520 g/mol. The molecule has 1 aliphatic heterocycles. The van der Waals surface area contributed by atoms with Crippen molar-refractivity contribution in [3.05, 3.63) is 104 Å². The van der Waals surface area contributed by atoms with E-state index in [0.29, 0.717) is 27.7 Å². The van der Waals surface area contributed by atoms with Gasteiger partial charge in [-0.05, 0) is 60.7 Å². The van der Waals surface area contributed by atoms with E-state index in [1.165, 1.54) is 11.3 Å². The molecule has 1 N–H and O–H groups in total. The molecule has 1 aromatic heterocycles. The van der Waals surface area contributed by atoms with Crippen molar-refractivity contribution < 1.29 is 9.59 Å². The zero-order chi connectivity index (χ0) is 24.4. The Balaban J connectivity index is 1.38. The van der Waals surface area contributed by atoms with Crippen molar-refractivity contribution in [3.63, 3.8) is 0 Å². The molecular weight excluding hydrogens is 499 g/mol. The molecule has 0 unspecified atom stereocenters. The number of thiophene rings is 1. The van der Waals surface area contributed by atoms with Gasteiger partial charge in [0.25, 0.3) is 11.8 Å². The molecule has 4 nitrogen and oxygen atoms in total. The fourth-order valence-corrected chi connectivity index (χ4v) is 5.91. The molecule has 2 amide bonds. The van der Waals surface area contributed by atoms with Gasteiger partial charge >= 0.3 is 0 Å². The van der Waals surface area contributed by atoms with E-state index in [-0.39, 0.29) is 16.8 Å². The molecule has 5 rings (SSSR count). The van der Waals surface area contributed by atoms with Crippen LogP contribution in [0.3, 0.4) is 0 Å². The Morgan fingerprint density at radius 2 is 1.63 bits per heavy atom. The predicted molar refractivity (Wildman–Crippen MR) is 145 cm³/mol. The average molecular weight is 521 g/mol. The Morgan fingerprint density at radius 3 is 2.43 bits per heavy atom. The molecule has 7 heteroatoms. The lowest BCUT2D eigenvalue weighted by Gasteiger charge is -2.22. The maximum Gasteiger partial charge on any atom is 0.259 e. The second-order valence-corrected chi connectivity index (χ2v) is 10.5. The third-order valence-corrected chi connectivity index (χ3v) is 7.67. The third-order valence-electron chi connectivity index (χ3n) is 6.04. The van der Waals surface area contributed by atoms with Gasteiger partial charge in [-0.3, -0.25) is 9.59 Å². The van der Waals surface area contributed by atoms with Gasteiger partial charge in [-0.15, -0.1) is 11.3 Å². The molecular formula is C28H22Cl2N2O2S. The van der Waals surface area contributed by atoms with Crippen molar-refractivity contribution in [1.29, 1.82) is 0 Å². The van der Waals surface area contributed by atoms with Crippen LogP contribution in [0.15, 0.2) is 78.9 Å². The van der Waals surface area contributed by atoms with E-state index in [1.54, 1.807) is 29.2 Å². The Hall–Kier alpha value is -3.12. The highest BCUT2D eigenvalue weighted by atomic mass is 35.5. The number of nitrogens with zero attached hydrogens (tertiary/aromatic N) is 1. The van der Waals surface area contributed by atoms with Crippen LogP contribution in [0.4, 0.5) is 11.4 Å². The van der Waals surface area contributed by atoms with Gasteiger partial charge in [-0.1, -0.05) is 71.7 Å². The van der Waals surface area contributed by atoms with Gasteiger partial charge < -0.3 is 10.2 Å². The molecule has 1 aliphatic rings. The summed E-state index contributed by atoms with van der Waals surface area (Å²) in [5.74, 6) is -0.412. The van der Waals surface area contributed by atoms with Gasteiger partial charge in [-0.25, -0.2) is 0 Å². The number of benzene rings is 3. The van der Waals surface area contributed by atoms with E-state index in [0.717, 1.165) is 41.0 Å². The summed E-state index contributed by atoms with van der Waals surface area (Å²) in [6, 6.07) is 24.1. The van der Waals surface area contributed by atoms with Crippen LogP contribution in [0.1, 0.15) is 38.4 Å². The highest BCUT2D eigenvalue weighted by Gasteiger charge is 2.26. The quantitative estimate of drug-likeness (QED) is 0.296. The van der Waals surface area contributed by atoms with Crippen LogP contribution in [-0.4, -0.2) is 18.4 Å². The number of carbonyl (C=O) groups is 2. The number of hydrogen-bond donors (Lipinski definition) is 1. The number of fused-ring (bicyclic) bond motifs is 1. The van der Waals surface area contributed by atoms with Crippen LogP contribution >= 0.6 is 34.5 Å².